The Balaban J connectivity index is 1.72. The molecule has 0 saturated carbocycles. The summed E-state index contributed by atoms with van der Waals surface area (Å²) in [5.74, 6) is -0.147. The number of piperidine rings is 1. The Hall–Kier alpha value is -3.22. The molecule has 36 heavy (non-hydrogen) atoms. The zero-order valence-electron chi connectivity index (χ0n) is 21.9. The fourth-order valence-electron chi connectivity index (χ4n) is 4.37. The molecule has 1 N–H and O–H groups in total. The van der Waals surface area contributed by atoms with Gasteiger partial charge >= 0.3 is 6.09 Å². The van der Waals surface area contributed by atoms with Gasteiger partial charge in [0.25, 0.3) is 0 Å². The van der Waals surface area contributed by atoms with E-state index < -0.39 is 17.2 Å². The molecule has 2 aromatic carbocycles. The topological polar surface area (TPSA) is 75.7 Å². The SMILES string of the molecule is CC(C)c1ccc(CC(=O)C2(NC(=O)OC(C)(C)C)CCN(C(=O)Cc3ccc(F)cc3)CC2)cc1. The number of halogens is 1. The summed E-state index contributed by atoms with van der Waals surface area (Å²) in [6.45, 7) is 10.2. The third kappa shape index (κ3) is 7.39. The lowest BCUT2D eigenvalue weighted by atomic mass is 9.80. The maximum Gasteiger partial charge on any atom is 0.408 e. The van der Waals surface area contributed by atoms with Crippen LogP contribution in [0.25, 0.3) is 0 Å². The number of carbonyl (C=O) groups is 3. The molecule has 1 fully saturated rings. The quantitative estimate of drug-likeness (QED) is 0.573. The second-order valence-electron chi connectivity index (χ2n) is 10.9. The van der Waals surface area contributed by atoms with Gasteiger partial charge in [0.1, 0.15) is 17.0 Å². The normalized spacial score (nSPS) is 15.5. The van der Waals surface area contributed by atoms with E-state index in [1.54, 1.807) is 37.8 Å². The Morgan fingerprint density at radius 1 is 0.944 bits per heavy atom. The monoisotopic (exact) mass is 496 g/mol. The van der Waals surface area contributed by atoms with E-state index in [1.165, 1.54) is 17.7 Å². The van der Waals surface area contributed by atoms with Crippen LogP contribution >= 0.6 is 0 Å². The molecule has 0 bridgehead atoms. The predicted octanol–water partition coefficient (Wildman–Crippen LogP) is 5.19. The molecule has 0 unspecified atom stereocenters. The van der Waals surface area contributed by atoms with Crippen molar-refractivity contribution in [2.75, 3.05) is 13.1 Å². The van der Waals surface area contributed by atoms with Crippen LogP contribution in [0.4, 0.5) is 9.18 Å². The Morgan fingerprint density at radius 3 is 2.00 bits per heavy atom. The Bertz CT molecular complexity index is 1060. The highest BCUT2D eigenvalue weighted by Gasteiger charge is 2.43. The van der Waals surface area contributed by atoms with Crippen molar-refractivity contribution in [2.45, 2.75) is 77.4 Å². The number of nitrogens with zero attached hydrogens (tertiary/aromatic N) is 1. The molecule has 7 heteroatoms. The number of hydrogen-bond donors (Lipinski definition) is 1. The van der Waals surface area contributed by atoms with E-state index in [2.05, 4.69) is 19.2 Å². The summed E-state index contributed by atoms with van der Waals surface area (Å²) in [6.07, 6.45) is 0.284. The minimum absolute atomic E-state index is 0.0933. The summed E-state index contributed by atoms with van der Waals surface area (Å²) in [5, 5.41) is 2.86. The standard InChI is InChI=1S/C29H37FN2O4/c1-20(2)23-10-6-21(7-11-23)18-25(33)29(31-27(35)36-28(3,4)5)14-16-32(17-15-29)26(34)19-22-8-12-24(30)13-9-22/h6-13,20H,14-19H2,1-5H3,(H,31,35). The summed E-state index contributed by atoms with van der Waals surface area (Å²) in [6, 6.07) is 13.8. The molecule has 0 radical (unpaired) electrons. The minimum atomic E-state index is -1.12. The molecular weight excluding hydrogens is 459 g/mol. The third-order valence-corrected chi connectivity index (χ3v) is 6.52. The molecule has 2 aromatic rings. The molecule has 0 aliphatic carbocycles. The first-order chi connectivity index (χ1) is 16.9. The van der Waals surface area contributed by atoms with Gasteiger partial charge in [-0.1, -0.05) is 50.2 Å². The zero-order chi connectivity index (χ0) is 26.5. The van der Waals surface area contributed by atoms with E-state index in [0.717, 1.165) is 11.1 Å². The Morgan fingerprint density at radius 2 is 1.47 bits per heavy atom. The van der Waals surface area contributed by atoms with Crippen LogP contribution in [0.3, 0.4) is 0 Å². The fourth-order valence-corrected chi connectivity index (χ4v) is 4.37. The van der Waals surface area contributed by atoms with Crippen LogP contribution in [-0.4, -0.2) is 46.9 Å². The number of rotatable bonds is 7. The molecule has 1 aliphatic heterocycles. The average Bonchev–Trinajstić information content (AvgIpc) is 2.80. The van der Waals surface area contributed by atoms with Crippen molar-refractivity contribution in [2.24, 2.45) is 0 Å². The first-order valence-corrected chi connectivity index (χ1v) is 12.5. The van der Waals surface area contributed by atoms with Crippen LogP contribution in [0.5, 0.6) is 0 Å². The van der Waals surface area contributed by atoms with E-state index >= 15 is 0 Å². The van der Waals surface area contributed by atoms with Crippen molar-refractivity contribution in [1.29, 1.82) is 0 Å². The number of nitrogens with one attached hydrogen (secondary N) is 1. The van der Waals surface area contributed by atoms with Gasteiger partial charge in [-0.15, -0.1) is 0 Å². The molecule has 1 aliphatic rings. The first kappa shape index (κ1) is 27.4. The van der Waals surface area contributed by atoms with E-state index in [4.69, 9.17) is 4.74 Å². The van der Waals surface area contributed by atoms with Gasteiger partial charge in [0, 0.05) is 19.5 Å². The molecule has 0 aromatic heterocycles. The summed E-state index contributed by atoms with van der Waals surface area (Å²) in [4.78, 5) is 40.8. The van der Waals surface area contributed by atoms with Crippen LogP contribution in [0, 0.1) is 5.82 Å². The van der Waals surface area contributed by atoms with Crippen LogP contribution in [0.15, 0.2) is 48.5 Å². The van der Waals surface area contributed by atoms with E-state index in [1.807, 2.05) is 24.3 Å². The van der Waals surface area contributed by atoms with E-state index in [9.17, 15) is 18.8 Å². The molecule has 0 spiro atoms. The number of alkyl carbamates (subject to hydrolysis) is 1. The lowest BCUT2D eigenvalue weighted by molar-refractivity contribution is -0.135. The van der Waals surface area contributed by atoms with Crippen molar-refractivity contribution in [3.05, 3.63) is 71.0 Å². The highest BCUT2D eigenvalue weighted by molar-refractivity contribution is 5.93. The highest BCUT2D eigenvalue weighted by atomic mass is 19.1. The van der Waals surface area contributed by atoms with Crippen LogP contribution in [0.1, 0.15) is 70.1 Å². The molecule has 1 saturated heterocycles. The number of hydrogen-bond acceptors (Lipinski definition) is 4. The second kappa shape index (κ2) is 11.2. The van der Waals surface area contributed by atoms with Gasteiger partial charge in [-0.25, -0.2) is 9.18 Å². The molecule has 6 nitrogen and oxygen atoms in total. The number of Topliss-reactive ketones (excluding diaryl/α,β-unsaturated/α-hetero) is 1. The zero-order valence-corrected chi connectivity index (χ0v) is 21.9. The average molecular weight is 497 g/mol. The Kier molecular flexibility index (Phi) is 8.54. The highest BCUT2D eigenvalue weighted by Crippen LogP contribution is 2.27. The maximum atomic E-state index is 13.6. The lowest BCUT2D eigenvalue weighted by Gasteiger charge is -2.41. The largest absolute Gasteiger partial charge is 0.444 e. The lowest BCUT2D eigenvalue weighted by Crippen LogP contribution is -2.61. The molecule has 1 heterocycles. The third-order valence-electron chi connectivity index (χ3n) is 6.52. The summed E-state index contributed by atoms with van der Waals surface area (Å²) >= 11 is 0. The van der Waals surface area contributed by atoms with Crippen molar-refractivity contribution < 1.29 is 23.5 Å². The summed E-state index contributed by atoms with van der Waals surface area (Å²) < 4.78 is 18.6. The first-order valence-electron chi connectivity index (χ1n) is 12.5. The van der Waals surface area contributed by atoms with Gasteiger partial charge in [0.2, 0.25) is 5.91 Å². The van der Waals surface area contributed by atoms with Gasteiger partial charge in [0.15, 0.2) is 5.78 Å². The minimum Gasteiger partial charge on any atom is -0.444 e. The number of ketones is 1. The van der Waals surface area contributed by atoms with Crippen LogP contribution in [0.2, 0.25) is 0 Å². The van der Waals surface area contributed by atoms with Crippen molar-refractivity contribution in [3.63, 3.8) is 0 Å². The number of likely N-dealkylation sites (tertiary alicyclic amines) is 1. The molecule has 3 rings (SSSR count). The fraction of sp³-hybridized carbons (Fsp3) is 0.483. The molecule has 2 amide bonds. The van der Waals surface area contributed by atoms with Gasteiger partial charge in [-0.05, 0) is 68.4 Å². The smallest absolute Gasteiger partial charge is 0.408 e. The Labute approximate surface area is 213 Å². The maximum absolute atomic E-state index is 13.6. The summed E-state index contributed by atoms with van der Waals surface area (Å²) in [5.41, 5.74) is 0.981. The number of benzene rings is 2. The van der Waals surface area contributed by atoms with Gasteiger partial charge in [-0.3, -0.25) is 9.59 Å². The van der Waals surface area contributed by atoms with Crippen LogP contribution < -0.4 is 5.32 Å². The molecular formula is C29H37FN2O4. The summed E-state index contributed by atoms with van der Waals surface area (Å²) in [7, 11) is 0. The number of amides is 2. The second-order valence-corrected chi connectivity index (χ2v) is 10.9. The molecule has 0 atom stereocenters. The number of ether oxygens (including phenoxy) is 1. The van der Waals surface area contributed by atoms with Gasteiger partial charge in [-0.2, -0.15) is 0 Å². The van der Waals surface area contributed by atoms with Crippen LogP contribution in [-0.2, 0) is 27.2 Å². The van der Waals surface area contributed by atoms with E-state index in [-0.39, 0.29) is 30.3 Å². The predicted molar refractivity (Wildman–Crippen MR) is 137 cm³/mol. The van der Waals surface area contributed by atoms with Crippen molar-refractivity contribution in [3.8, 4) is 0 Å². The van der Waals surface area contributed by atoms with Gasteiger partial charge < -0.3 is 15.0 Å². The molecule has 194 valence electrons. The van der Waals surface area contributed by atoms with Gasteiger partial charge in [0.05, 0.1) is 6.42 Å². The van der Waals surface area contributed by atoms with Crippen molar-refractivity contribution in [1.82, 2.24) is 10.2 Å². The van der Waals surface area contributed by atoms with E-state index in [0.29, 0.717) is 31.8 Å². The van der Waals surface area contributed by atoms with Crippen molar-refractivity contribution >= 4 is 17.8 Å². The number of carbonyl (C=O) groups excluding carboxylic acids is 3.